The summed E-state index contributed by atoms with van der Waals surface area (Å²) in [7, 11) is 1.47. The Bertz CT molecular complexity index is 2790. The second-order valence-corrected chi connectivity index (χ2v) is 20.5. The fourth-order valence-corrected chi connectivity index (χ4v) is 11.3. The molecule has 4 aromatic carbocycles. The number of nitrogens with zero attached hydrogens (tertiary/aromatic N) is 2. The van der Waals surface area contributed by atoms with E-state index >= 15 is 4.39 Å². The largest absolute Gasteiger partial charge is 0.495 e. The van der Waals surface area contributed by atoms with Crippen LogP contribution in [-0.2, 0) is 26.3 Å². The van der Waals surface area contributed by atoms with Crippen LogP contribution in [0.15, 0.2) is 72.8 Å². The number of carbonyl (C=O) groups is 5. The summed E-state index contributed by atoms with van der Waals surface area (Å²) >= 11 is 12.9. The molecule has 354 valence electrons. The molecule has 3 fully saturated rings. The van der Waals surface area contributed by atoms with Crippen LogP contribution in [0.4, 0.5) is 15.8 Å². The number of methoxy groups -OCH3 is 1. The van der Waals surface area contributed by atoms with E-state index in [0.717, 1.165) is 36.2 Å². The van der Waals surface area contributed by atoms with Crippen molar-refractivity contribution >= 4 is 64.1 Å². The highest BCUT2D eigenvalue weighted by molar-refractivity contribution is 6.31. The number of halogens is 3. The minimum absolute atomic E-state index is 0.0307. The maximum absolute atomic E-state index is 16.3. The third-order valence-corrected chi connectivity index (χ3v) is 14.6. The maximum atomic E-state index is 16.3. The first-order chi connectivity index (χ1) is 32.5. The molecule has 1 unspecified atom stereocenters. The van der Waals surface area contributed by atoms with Crippen LogP contribution in [-0.4, -0.2) is 96.8 Å². The lowest BCUT2D eigenvalue weighted by Crippen LogP contribution is -2.52. The Morgan fingerprint density at radius 2 is 1.82 bits per heavy atom. The molecule has 6 atom stereocenters. The van der Waals surface area contributed by atoms with E-state index in [4.69, 9.17) is 27.9 Å². The van der Waals surface area contributed by atoms with E-state index in [9.17, 15) is 24.0 Å². The summed E-state index contributed by atoms with van der Waals surface area (Å²) in [4.78, 5) is 69.8. The van der Waals surface area contributed by atoms with E-state index in [1.165, 1.54) is 18.1 Å². The molecule has 68 heavy (non-hydrogen) atoms. The molecule has 9 rings (SSSR count). The monoisotopic (exact) mass is 961 g/mol. The van der Waals surface area contributed by atoms with Crippen LogP contribution >= 0.6 is 23.2 Å². The van der Waals surface area contributed by atoms with Crippen molar-refractivity contribution in [2.24, 2.45) is 5.41 Å². The van der Waals surface area contributed by atoms with Crippen molar-refractivity contribution in [3.05, 3.63) is 122 Å². The molecule has 13 nitrogen and oxygen atoms in total. The van der Waals surface area contributed by atoms with Gasteiger partial charge in [-0.25, -0.2) is 4.39 Å². The van der Waals surface area contributed by atoms with Gasteiger partial charge in [-0.05, 0) is 103 Å². The molecule has 0 aromatic heterocycles. The maximum Gasteiger partial charge on any atom is 0.255 e. The van der Waals surface area contributed by atoms with Crippen molar-refractivity contribution in [1.82, 2.24) is 25.8 Å². The first-order valence-electron chi connectivity index (χ1n) is 23.1. The minimum Gasteiger partial charge on any atom is -0.495 e. The summed E-state index contributed by atoms with van der Waals surface area (Å²) in [5.74, 6) is 3.79. The van der Waals surface area contributed by atoms with Crippen molar-refractivity contribution in [2.45, 2.75) is 94.9 Å². The average Bonchev–Trinajstić information content (AvgIpc) is 3.95. The Balaban J connectivity index is 0.882. The fourth-order valence-electron chi connectivity index (χ4n) is 10.9. The smallest absolute Gasteiger partial charge is 0.255 e. The van der Waals surface area contributed by atoms with Gasteiger partial charge in [-0.1, -0.05) is 80.1 Å². The Morgan fingerprint density at radius 3 is 2.60 bits per heavy atom. The van der Waals surface area contributed by atoms with Gasteiger partial charge in [0.1, 0.15) is 17.6 Å². The first-order valence-corrected chi connectivity index (χ1v) is 23.8. The number of fused-ring (bicyclic) bond motifs is 3. The molecule has 16 heteroatoms. The van der Waals surface area contributed by atoms with E-state index in [-0.39, 0.29) is 65.4 Å². The molecule has 0 bridgehead atoms. The van der Waals surface area contributed by atoms with Crippen molar-refractivity contribution in [1.29, 1.82) is 0 Å². The van der Waals surface area contributed by atoms with E-state index < -0.39 is 41.0 Å². The number of carbonyl (C=O) groups excluding carboxylic acids is 5. The number of benzene rings is 4. The van der Waals surface area contributed by atoms with Crippen molar-refractivity contribution < 1.29 is 33.1 Å². The van der Waals surface area contributed by atoms with Crippen molar-refractivity contribution in [3.63, 3.8) is 0 Å². The Hall–Kier alpha value is -5.98. The number of anilines is 2. The van der Waals surface area contributed by atoms with Crippen molar-refractivity contribution in [3.8, 4) is 17.6 Å². The van der Waals surface area contributed by atoms with Crippen LogP contribution in [0.1, 0.15) is 102 Å². The lowest BCUT2D eigenvalue weighted by atomic mass is 9.63. The number of imide groups is 1. The highest BCUT2D eigenvalue weighted by Gasteiger charge is 2.61. The van der Waals surface area contributed by atoms with E-state index in [1.807, 2.05) is 24.3 Å². The predicted molar refractivity (Wildman–Crippen MR) is 258 cm³/mol. The zero-order valence-corrected chi connectivity index (χ0v) is 39.9. The molecule has 5 amide bonds. The third-order valence-electron chi connectivity index (χ3n) is 14.0. The number of amides is 5. The highest BCUT2D eigenvalue weighted by atomic mass is 35.5. The Morgan fingerprint density at radius 1 is 1.01 bits per heavy atom. The molecule has 0 radical (unpaired) electrons. The quantitative estimate of drug-likeness (QED) is 0.0879. The lowest BCUT2D eigenvalue weighted by molar-refractivity contribution is -0.137. The minimum atomic E-state index is -0.904. The van der Waals surface area contributed by atoms with Gasteiger partial charge in [0, 0.05) is 76.9 Å². The number of nitrogens with one attached hydrogen (secondary N) is 5. The fraction of sp³-hybridized carbons (Fsp3) is 0.404. The summed E-state index contributed by atoms with van der Waals surface area (Å²) in [5.41, 5.74) is 3.89. The Labute approximate surface area is 405 Å². The van der Waals surface area contributed by atoms with Gasteiger partial charge in [0.25, 0.3) is 11.8 Å². The van der Waals surface area contributed by atoms with Crippen LogP contribution < -0.4 is 31.3 Å². The number of likely N-dealkylation sites (tertiary alicyclic amines) is 1. The summed E-state index contributed by atoms with van der Waals surface area (Å²) in [6, 6.07) is 18.8. The third kappa shape index (κ3) is 9.05. The second kappa shape index (κ2) is 18.8. The Kier molecular flexibility index (Phi) is 13.0. The zero-order chi connectivity index (χ0) is 48.1. The van der Waals surface area contributed by atoms with Crippen LogP contribution in [0.3, 0.4) is 0 Å². The topological polar surface area (TPSA) is 161 Å². The normalized spacial score (nSPS) is 24.4. The molecule has 5 aliphatic heterocycles. The molecule has 0 aliphatic carbocycles. The number of hydrogen-bond donors (Lipinski definition) is 5. The summed E-state index contributed by atoms with van der Waals surface area (Å²) in [6.45, 7) is 8.92. The number of ether oxygens (including phenoxy) is 1. The lowest BCUT2D eigenvalue weighted by Gasteiger charge is -2.39. The van der Waals surface area contributed by atoms with Gasteiger partial charge >= 0.3 is 0 Å². The first kappa shape index (κ1) is 47.1. The SMILES string of the molecule is COc1cc(C(=O)N[C@H]2CCCN(CC#Cc3cccc4c3CN(C3CCC(=O)NC3=O)C4=O)C2)ccc1NC(=O)[C@@H]1N[C@@H](CC(C)(C)C)[C@@]2(CNc3cc(Cl)ccc32)[C@H]1c1cccc(Cl)c1F. The van der Waals surface area contributed by atoms with E-state index in [1.54, 1.807) is 42.5 Å². The van der Waals surface area contributed by atoms with Gasteiger partial charge in [-0.2, -0.15) is 0 Å². The molecule has 3 saturated heterocycles. The van der Waals surface area contributed by atoms with Gasteiger partial charge in [-0.15, -0.1) is 0 Å². The van der Waals surface area contributed by atoms with Gasteiger partial charge in [0.05, 0.1) is 30.4 Å². The molecule has 5 N–H and O–H groups in total. The summed E-state index contributed by atoms with van der Waals surface area (Å²) in [6.07, 6.45) is 2.77. The average molecular weight is 963 g/mol. The standard InChI is InChI=1S/C52H54Cl2FN7O6/c1-51(2,3)25-42-52(28-56-39-24-31(53)16-17-36(39)52)44(34-13-6-14-37(54)45(34)55)46(59-42)49(66)58-38-18-15-30(23-41(38)68-4)47(64)57-32-11-8-22-61(26-32)21-7-10-29-9-5-12-33-35(29)27-62(50(33)67)40-19-20-43(63)60-48(40)65/h5-6,9,12-18,23-24,32,40,42,44,46,56,59H,8,11,19-22,25-28H2,1-4H3,(H,57,64)(H,58,66)(H,60,63,65)/t32-,40?,42-,44-,46+,52-/m0/s1. The molecule has 5 heterocycles. The van der Waals surface area contributed by atoms with Crippen LogP contribution in [0.5, 0.6) is 5.75 Å². The number of hydrogen-bond acceptors (Lipinski definition) is 9. The van der Waals surface area contributed by atoms with E-state index in [0.29, 0.717) is 59.0 Å². The van der Waals surface area contributed by atoms with Gasteiger partial charge in [0.2, 0.25) is 17.7 Å². The van der Waals surface area contributed by atoms with E-state index in [2.05, 4.69) is 64.1 Å². The molecular formula is C52H54Cl2FN7O6. The summed E-state index contributed by atoms with van der Waals surface area (Å²) in [5, 5.41) is 16.3. The molecule has 5 aliphatic rings. The summed E-state index contributed by atoms with van der Waals surface area (Å²) < 4.78 is 22.1. The molecule has 4 aromatic rings. The van der Waals surface area contributed by atoms with Crippen LogP contribution in [0.25, 0.3) is 0 Å². The van der Waals surface area contributed by atoms with Crippen molar-refractivity contribution in [2.75, 3.05) is 43.9 Å². The molecule has 1 spiro atoms. The van der Waals surface area contributed by atoms with Gasteiger partial charge < -0.3 is 30.9 Å². The number of piperidine rings is 2. The highest BCUT2D eigenvalue weighted by Crippen LogP contribution is 2.56. The second-order valence-electron chi connectivity index (χ2n) is 19.7. The van der Waals surface area contributed by atoms with Crippen LogP contribution in [0, 0.1) is 23.1 Å². The zero-order valence-electron chi connectivity index (χ0n) is 38.4. The van der Waals surface area contributed by atoms with Crippen LogP contribution in [0.2, 0.25) is 10.0 Å². The number of rotatable bonds is 9. The molecule has 0 saturated carbocycles. The predicted octanol–water partition coefficient (Wildman–Crippen LogP) is 7.01. The molecular weight excluding hydrogens is 909 g/mol. The van der Waals surface area contributed by atoms with Gasteiger partial charge in [-0.3, -0.25) is 34.2 Å². The van der Waals surface area contributed by atoms with Gasteiger partial charge in [0.15, 0.2) is 0 Å².